The number of ether oxygens (including phenoxy) is 1. The Labute approximate surface area is 216 Å². The number of alkyl carbamates (subject to hydrolysis) is 1. The standard InChI is InChI=1S/C22H29N5O4.C2HF3O2/c23-19(7-4-12-25-22(30)31-15-18-5-2-1-3-6-18)20(28)26-13-16-8-10-17(11-9-16)14-27-21(24)29;3-2(4,5)1(6)7/h1-3,5-6,8-11,19H,4,7,12-15,23H2,(H,25,30)(H,26,28)(H3,24,27,29);(H,6,7)/t19-;/m1./s1. The molecule has 0 aliphatic heterocycles. The van der Waals surface area contributed by atoms with E-state index in [1.165, 1.54) is 0 Å². The van der Waals surface area contributed by atoms with Gasteiger partial charge in [-0.25, -0.2) is 14.4 Å². The molecule has 38 heavy (non-hydrogen) atoms. The number of urea groups is 1. The van der Waals surface area contributed by atoms with Crippen LogP contribution in [0.1, 0.15) is 29.5 Å². The highest BCUT2D eigenvalue weighted by Gasteiger charge is 2.38. The summed E-state index contributed by atoms with van der Waals surface area (Å²) in [5, 5.41) is 15.1. The Morgan fingerprint density at radius 2 is 1.39 bits per heavy atom. The van der Waals surface area contributed by atoms with Crippen molar-refractivity contribution in [2.45, 2.75) is 44.8 Å². The number of carbonyl (C=O) groups excluding carboxylic acids is 3. The predicted molar refractivity (Wildman–Crippen MR) is 130 cm³/mol. The summed E-state index contributed by atoms with van der Waals surface area (Å²) in [7, 11) is 0. The van der Waals surface area contributed by atoms with Gasteiger partial charge in [0.05, 0.1) is 6.04 Å². The number of amides is 4. The molecule has 0 spiro atoms. The number of carboxylic acid groups (broad SMARTS) is 1. The van der Waals surface area contributed by atoms with Gasteiger partial charge in [0.1, 0.15) is 6.61 Å². The van der Waals surface area contributed by atoms with Crippen LogP contribution >= 0.6 is 0 Å². The lowest BCUT2D eigenvalue weighted by molar-refractivity contribution is -0.192. The fourth-order valence-electron chi connectivity index (χ4n) is 2.70. The summed E-state index contributed by atoms with van der Waals surface area (Å²) in [6.45, 7) is 1.27. The molecule has 0 radical (unpaired) electrons. The Hall–Kier alpha value is -4.33. The Kier molecular flexibility index (Phi) is 13.7. The highest BCUT2D eigenvalue weighted by Crippen LogP contribution is 2.13. The molecule has 0 saturated carbocycles. The van der Waals surface area contributed by atoms with Crippen molar-refractivity contribution in [3.05, 3.63) is 71.3 Å². The second-order valence-corrected chi connectivity index (χ2v) is 7.79. The second kappa shape index (κ2) is 16.4. The molecule has 0 aliphatic carbocycles. The minimum Gasteiger partial charge on any atom is -0.475 e. The van der Waals surface area contributed by atoms with Crippen LogP contribution in [0.2, 0.25) is 0 Å². The lowest BCUT2D eigenvalue weighted by atomic mass is 10.1. The maximum absolute atomic E-state index is 12.1. The molecule has 8 N–H and O–H groups in total. The molecule has 2 aromatic carbocycles. The average Bonchev–Trinajstić information content (AvgIpc) is 2.88. The molecule has 0 fully saturated rings. The van der Waals surface area contributed by atoms with Crippen molar-refractivity contribution >= 4 is 24.0 Å². The minimum absolute atomic E-state index is 0.206. The molecule has 2 rings (SSSR count). The molecule has 0 heterocycles. The van der Waals surface area contributed by atoms with Gasteiger partial charge in [0.25, 0.3) is 0 Å². The molecule has 0 saturated heterocycles. The lowest BCUT2D eigenvalue weighted by Gasteiger charge is -2.13. The summed E-state index contributed by atoms with van der Waals surface area (Å²) < 4.78 is 36.9. The van der Waals surface area contributed by atoms with Gasteiger partial charge < -0.3 is 37.3 Å². The van der Waals surface area contributed by atoms with E-state index in [1.54, 1.807) is 0 Å². The van der Waals surface area contributed by atoms with Crippen LogP contribution in [0.3, 0.4) is 0 Å². The zero-order valence-corrected chi connectivity index (χ0v) is 20.3. The number of halogens is 3. The van der Waals surface area contributed by atoms with E-state index in [1.807, 2.05) is 54.6 Å². The number of carboxylic acids is 1. The summed E-state index contributed by atoms with van der Waals surface area (Å²) >= 11 is 0. The lowest BCUT2D eigenvalue weighted by Crippen LogP contribution is -2.40. The number of primary amides is 1. The van der Waals surface area contributed by atoms with Gasteiger partial charge in [-0.15, -0.1) is 0 Å². The van der Waals surface area contributed by atoms with Gasteiger partial charge in [-0.2, -0.15) is 13.2 Å². The molecule has 0 bridgehead atoms. The largest absolute Gasteiger partial charge is 0.490 e. The zero-order valence-electron chi connectivity index (χ0n) is 20.3. The van der Waals surface area contributed by atoms with E-state index >= 15 is 0 Å². The molecular formula is C24H30F3N5O6. The van der Waals surface area contributed by atoms with Gasteiger partial charge in [-0.05, 0) is 29.5 Å². The van der Waals surface area contributed by atoms with Crippen LogP contribution in [0, 0.1) is 0 Å². The molecule has 0 unspecified atom stereocenters. The number of nitrogens with two attached hydrogens (primary N) is 2. The van der Waals surface area contributed by atoms with E-state index in [0.29, 0.717) is 32.5 Å². The van der Waals surface area contributed by atoms with Gasteiger partial charge in [0.2, 0.25) is 5.91 Å². The topological polar surface area (TPSA) is 186 Å². The third-order valence-corrected chi connectivity index (χ3v) is 4.71. The third kappa shape index (κ3) is 14.3. The fourth-order valence-corrected chi connectivity index (χ4v) is 2.70. The Morgan fingerprint density at radius 3 is 1.89 bits per heavy atom. The van der Waals surface area contributed by atoms with Crippen molar-refractivity contribution < 1.29 is 42.2 Å². The van der Waals surface area contributed by atoms with E-state index in [2.05, 4.69) is 16.0 Å². The maximum Gasteiger partial charge on any atom is 0.490 e. The predicted octanol–water partition coefficient (Wildman–Crippen LogP) is 2.14. The first kappa shape index (κ1) is 31.7. The molecule has 11 nitrogen and oxygen atoms in total. The maximum atomic E-state index is 12.1. The minimum atomic E-state index is -5.08. The second-order valence-electron chi connectivity index (χ2n) is 7.79. The molecule has 4 amide bonds. The van der Waals surface area contributed by atoms with Crippen LogP contribution in [0.5, 0.6) is 0 Å². The van der Waals surface area contributed by atoms with E-state index in [-0.39, 0.29) is 12.5 Å². The Morgan fingerprint density at radius 1 is 0.868 bits per heavy atom. The summed E-state index contributed by atoms with van der Waals surface area (Å²) in [5.74, 6) is -3.02. The van der Waals surface area contributed by atoms with Crippen LogP contribution in [-0.4, -0.2) is 47.9 Å². The summed E-state index contributed by atoms with van der Waals surface area (Å²) in [5.41, 5.74) is 13.7. The summed E-state index contributed by atoms with van der Waals surface area (Å²) in [4.78, 5) is 43.4. The number of nitrogens with one attached hydrogen (secondary N) is 3. The normalized spacial score (nSPS) is 11.3. The van der Waals surface area contributed by atoms with Crippen molar-refractivity contribution in [3.8, 4) is 0 Å². The molecule has 0 aliphatic rings. The van der Waals surface area contributed by atoms with E-state index in [0.717, 1.165) is 16.7 Å². The van der Waals surface area contributed by atoms with Crippen molar-refractivity contribution in [2.24, 2.45) is 11.5 Å². The number of rotatable bonds is 11. The fraction of sp³-hybridized carbons (Fsp3) is 0.333. The Balaban J connectivity index is 0.000000905. The molecule has 2 aromatic rings. The average molecular weight is 542 g/mol. The van der Waals surface area contributed by atoms with Gasteiger partial charge in [-0.1, -0.05) is 54.6 Å². The van der Waals surface area contributed by atoms with Gasteiger partial charge >= 0.3 is 24.3 Å². The van der Waals surface area contributed by atoms with Crippen LogP contribution in [0.25, 0.3) is 0 Å². The molecular weight excluding hydrogens is 511 g/mol. The summed E-state index contributed by atoms with van der Waals surface area (Å²) in [6.07, 6.45) is -4.60. The van der Waals surface area contributed by atoms with Crippen LogP contribution in [-0.2, 0) is 34.0 Å². The number of benzene rings is 2. The molecule has 208 valence electrons. The van der Waals surface area contributed by atoms with Crippen molar-refractivity contribution in [1.29, 1.82) is 0 Å². The number of hydrogen-bond donors (Lipinski definition) is 6. The Bertz CT molecular complexity index is 1040. The first-order chi connectivity index (χ1) is 17.9. The molecule has 14 heteroatoms. The van der Waals surface area contributed by atoms with Crippen LogP contribution in [0.4, 0.5) is 22.8 Å². The number of aliphatic carboxylic acids is 1. The van der Waals surface area contributed by atoms with Gasteiger partial charge in [0.15, 0.2) is 0 Å². The van der Waals surface area contributed by atoms with Crippen molar-refractivity contribution in [3.63, 3.8) is 0 Å². The highest BCUT2D eigenvalue weighted by molar-refractivity contribution is 5.81. The highest BCUT2D eigenvalue weighted by atomic mass is 19.4. The van der Waals surface area contributed by atoms with E-state index in [9.17, 15) is 27.6 Å². The number of alkyl halides is 3. The smallest absolute Gasteiger partial charge is 0.475 e. The first-order valence-corrected chi connectivity index (χ1v) is 11.3. The quantitative estimate of drug-likeness (QED) is 0.235. The monoisotopic (exact) mass is 541 g/mol. The van der Waals surface area contributed by atoms with Crippen LogP contribution in [0.15, 0.2) is 54.6 Å². The SMILES string of the molecule is NC(=O)NCc1ccc(CNC(=O)[C@H](N)CCCNC(=O)OCc2ccccc2)cc1.O=C(O)C(F)(F)F. The molecule has 0 aromatic heterocycles. The van der Waals surface area contributed by atoms with Crippen molar-refractivity contribution in [2.75, 3.05) is 6.54 Å². The van der Waals surface area contributed by atoms with Gasteiger partial charge in [-0.3, -0.25) is 4.79 Å². The zero-order chi connectivity index (χ0) is 28.6. The van der Waals surface area contributed by atoms with E-state index < -0.39 is 30.3 Å². The number of hydrogen-bond acceptors (Lipinski definition) is 6. The summed E-state index contributed by atoms with van der Waals surface area (Å²) in [6, 6.07) is 15.6. The van der Waals surface area contributed by atoms with Crippen LogP contribution < -0.4 is 27.4 Å². The first-order valence-electron chi connectivity index (χ1n) is 11.3. The van der Waals surface area contributed by atoms with Gasteiger partial charge in [0, 0.05) is 19.6 Å². The molecule has 1 atom stereocenters. The number of carbonyl (C=O) groups is 4. The van der Waals surface area contributed by atoms with Crippen molar-refractivity contribution in [1.82, 2.24) is 16.0 Å². The van der Waals surface area contributed by atoms with E-state index in [4.69, 9.17) is 26.1 Å². The third-order valence-electron chi connectivity index (χ3n) is 4.71.